The van der Waals surface area contributed by atoms with E-state index >= 15 is 0 Å². The van der Waals surface area contributed by atoms with Crippen LogP contribution in [0.4, 0.5) is 5.69 Å². The van der Waals surface area contributed by atoms with Gasteiger partial charge in [0, 0.05) is 10.6 Å². The summed E-state index contributed by atoms with van der Waals surface area (Å²) in [6.07, 6.45) is 0. The van der Waals surface area contributed by atoms with Crippen LogP contribution >= 0.6 is 0 Å². The molecule has 13 heteroatoms. The maximum absolute atomic E-state index is 12.3. The highest BCUT2D eigenvalue weighted by Gasteiger charge is 2.21. The predicted molar refractivity (Wildman–Crippen MR) is 101 cm³/mol. The first-order chi connectivity index (χ1) is 13.8. The second kappa shape index (κ2) is 10.1. The number of carbonyl (C=O) groups is 2. The topological polar surface area (TPSA) is 181 Å². The van der Waals surface area contributed by atoms with Crippen molar-refractivity contribution in [1.82, 2.24) is 0 Å². The zero-order valence-electron chi connectivity index (χ0n) is 15.0. The molecule has 4 N–H and O–H groups in total. The number of benzene rings is 2. The molecule has 12 nitrogen and oxygen atoms in total. The first kappa shape index (κ1) is 22.5. The minimum atomic E-state index is -4.23. The largest absolute Gasteiger partial charge is 0.369 e. The Kier molecular flexibility index (Phi) is 7.83. The van der Waals surface area contributed by atoms with Crippen LogP contribution in [0.5, 0.6) is 0 Å². The lowest BCUT2D eigenvalue weighted by Crippen LogP contribution is -2.40. The number of hydrogen-bond donors (Lipinski definition) is 2. The molecule has 2 aromatic carbocycles. The van der Waals surface area contributed by atoms with Gasteiger partial charge >= 0.3 is 16.0 Å². The van der Waals surface area contributed by atoms with Gasteiger partial charge in [0.25, 0.3) is 5.91 Å². The molecule has 0 aliphatic rings. The van der Waals surface area contributed by atoms with E-state index in [9.17, 15) is 22.9 Å². The lowest BCUT2D eigenvalue weighted by molar-refractivity contribution is -0.126. The summed E-state index contributed by atoms with van der Waals surface area (Å²) in [6.45, 7) is -1.04. The van der Waals surface area contributed by atoms with Crippen molar-refractivity contribution < 1.29 is 31.8 Å². The van der Waals surface area contributed by atoms with Crippen LogP contribution in [0, 0.1) is 4.91 Å². The van der Waals surface area contributed by atoms with Crippen LogP contribution in [0.1, 0.15) is 0 Å². The van der Waals surface area contributed by atoms with E-state index in [0.29, 0.717) is 10.8 Å². The molecule has 0 saturated carbocycles. The first-order valence-corrected chi connectivity index (χ1v) is 9.46. The van der Waals surface area contributed by atoms with E-state index < -0.39 is 35.1 Å². The van der Waals surface area contributed by atoms with Crippen molar-refractivity contribution in [3.63, 3.8) is 0 Å². The average Bonchev–Trinajstić information content (AvgIpc) is 2.74. The van der Waals surface area contributed by atoms with E-state index in [1.165, 1.54) is 6.07 Å². The van der Waals surface area contributed by atoms with Gasteiger partial charge in [-0.05, 0) is 17.5 Å². The van der Waals surface area contributed by atoms with Crippen LogP contribution in [0.25, 0.3) is 10.8 Å². The minimum Gasteiger partial charge on any atom is -0.369 e. The summed E-state index contributed by atoms with van der Waals surface area (Å²) in [4.78, 5) is 32.6. The van der Waals surface area contributed by atoms with Crippen LogP contribution < -0.4 is 16.7 Å². The maximum Gasteiger partial charge on any atom is 0.312 e. The van der Waals surface area contributed by atoms with Crippen molar-refractivity contribution in [1.29, 1.82) is 0 Å². The monoisotopic (exact) mass is 426 g/mol. The Balaban J connectivity index is 2.11. The van der Waals surface area contributed by atoms with E-state index in [2.05, 4.69) is 9.46 Å². The number of amides is 2. The molecule has 0 aliphatic heterocycles. The van der Waals surface area contributed by atoms with Gasteiger partial charge in [0.05, 0.1) is 23.8 Å². The molecule has 0 atom stereocenters. The Morgan fingerprint density at radius 2 is 1.72 bits per heavy atom. The molecular formula is C16H18N4O8S. The number of hydrogen-bond acceptors (Lipinski definition) is 10. The van der Waals surface area contributed by atoms with Crippen LogP contribution in [0.15, 0.2) is 46.5 Å². The van der Waals surface area contributed by atoms with Crippen LogP contribution in [0.3, 0.4) is 0 Å². The third-order valence-electron chi connectivity index (χ3n) is 3.68. The fraction of sp³-hybridized carbons (Fsp3) is 0.250. The molecule has 29 heavy (non-hydrogen) atoms. The highest BCUT2D eigenvalue weighted by Crippen LogP contribution is 2.30. The third kappa shape index (κ3) is 5.83. The average molecular weight is 426 g/mol. The van der Waals surface area contributed by atoms with Gasteiger partial charge in [-0.15, -0.1) is 4.91 Å². The second-order valence-corrected chi connectivity index (χ2v) is 7.14. The summed E-state index contributed by atoms with van der Waals surface area (Å²) < 4.78 is 37.9. The molecule has 0 radical (unpaired) electrons. The van der Waals surface area contributed by atoms with E-state index in [1.54, 1.807) is 24.3 Å². The summed E-state index contributed by atoms with van der Waals surface area (Å²) >= 11 is 0. The molecule has 0 saturated heterocycles. The Morgan fingerprint density at radius 1 is 1.07 bits per heavy atom. The molecular weight excluding hydrogens is 408 g/mol. The van der Waals surface area contributed by atoms with Crippen molar-refractivity contribution in [2.45, 2.75) is 4.90 Å². The Bertz CT molecular complexity index is 1010. The Hall–Kier alpha value is -2.81. The van der Waals surface area contributed by atoms with E-state index in [4.69, 9.17) is 21.2 Å². The van der Waals surface area contributed by atoms with Crippen LogP contribution in [-0.2, 0) is 33.5 Å². The van der Waals surface area contributed by atoms with Gasteiger partial charge < -0.3 is 9.47 Å². The van der Waals surface area contributed by atoms with Gasteiger partial charge in [-0.3, -0.25) is 9.59 Å². The molecule has 2 aromatic rings. The highest BCUT2D eigenvalue weighted by atomic mass is 32.2. The predicted octanol–water partition coefficient (Wildman–Crippen LogP) is -0.0483. The van der Waals surface area contributed by atoms with Crippen molar-refractivity contribution in [2.75, 3.05) is 31.4 Å². The number of nitrogens with two attached hydrogens (primary N) is 2. The standard InChI is InChI=1S/C16H18N4O8S/c17-20(16(22)10-27-6-5-26-9-15(21)19-23)14-8-12(29(24,25)28-18)7-11-3-1-2-4-13(11)14/h1-4,7-8H,5-6,9-10,17-18H2. The fourth-order valence-corrected chi connectivity index (χ4v) is 2.97. The van der Waals surface area contributed by atoms with Crippen molar-refractivity contribution in [2.24, 2.45) is 16.9 Å². The maximum atomic E-state index is 12.3. The van der Waals surface area contributed by atoms with Gasteiger partial charge in [-0.25, -0.2) is 10.9 Å². The smallest absolute Gasteiger partial charge is 0.312 e. The van der Waals surface area contributed by atoms with Crippen molar-refractivity contribution >= 4 is 38.4 Å². The Labute approximate surface area is 165 Å². The zero-order valence-corrected chi connectivity index (χ0v) is 15.8. The number of hydrazine groups is 1. The van der Waals surface area contributed by atoms with E-state index in [0.717, 1.165) is 11.1 Å². The van der Waals surface area contributed by atoms with E-state index in [1.807, 2.05) is 0 Å². The van der Waals surface area contributed by atoms with Gasteiger partial charge in [-0.1, -0.05) is 24.3 Å². The molecule has 0 fully saturated rings. The summed E-state index contributed by atoms with van der Waals surface area (Å²) in [5, 5.41) is 3.91. The van der Waals surface area contributed by atoms with Crippen LogP contribution in [0.2, 0.25) is 0 Å². The summed E-state index contributed by atoms with van der Waals surface area (Å²) in [6, 6.07) is 9.16. The number of anilines is 1. The molecule has 156 valence electrons. The minimum absolute atomic E-state index is 0.0520. The molecule has 0 aliphatic carbocycles. The van der Waals surface area contributed by atoms with Gasteiger partial charge in [0.2, 0.25) is 0 Å². The van der Waals surface area contributed by atoms with Crippen molar-refractivity contribution in [3.05, 3.63) is 41.3 Å². The summed E-state index contributed by atoms with van der Waals surface area (Å²) in [7, 11) is -4.23. The number of carbonyl (C=O) groups excluding carboxylic acids is 2. The molecule has 0 unspecified atom stereocenters. The lowest BCUT2D eigenvalue weighted by atomic mass is 10.1. The highest BCUT2D eigenvalue weighted by molar-refractivity contribution is 7.86. The normalized spacial score (nSPS) is 11.4. The Morgan fingerprint density at radius 3 is 2.38 bits per heavy atom. The molecule has 2 amide bonds. The SMILES string of the molecule is NOS(=O)(=O)c1cc(N(N)C(=O)COCCOCC(=O)N=O)c2ccccc2c1. The van der Waals surface area contributed by atoms with Crippen molar-refractivity contribution in [3.8, 4) is 0 Å². The summed E-state index contributed by atoms with van der Waals surface area (Å²) in [5.41, 5.74) is 0.103. The number of ether oxygens (including phenoxy) is 2. The molecule has 0 bridgehead atoms. The third-order valence-corrected chi connectivity index (χ3v) is 4.75. The number of rotatable bonds is 10. The number of nitroso groups, excluding NO2 is 1. The summed E-state index contributed by atoms with van der Waals surface area (Å²) in [5.74, 6) is 9.06. The second-order valence-electron chi connectivity index (χ2n) is 5.57. The zero-order chi connectivity index (χ0) is 21.4. The fourth-order valence-electron chi connectivity index (χ4n) is 2.33. The molecule has 0 heterocycles. The number of fused-ring (bicyclic) bond motifs is 1. The first-order valence-electron chi connectivity index (χ1n) is 8.05. The molecule has 0 spiro atoms. The molecule has 2 rings (SSSR count). The lowest BCUT2D eigenvalue weighted by Gasteiger charge is -2.20. The van der Waals surface area contributed by atoms with Gasteiger partial charge in [0.15, 0.2) is 0 Å². The van der Waals surface area contributed by atoms with Gasteiger partial charge in [0.1, 0.15) is 13.2 Å². The van der Waals surface area contributed by atoms with Crippen LogP contribution in [-0.4, -0.2) is 46.7 Å². The van der Waals surface area contributed by atoms with Gasteiger partial charge in [-0.2, -0.15) is 18.6 Å². The quantitative estimate of drug-likeness (QED) is 0.172. The molecule has 0 aromatic heterocycles. The number of nitrogens with zero attached hydrogens (tertiary/aromatic N) is 2. The van der Waals surface area contributed by atoms with E-state index in [-0.39, 0.29) is 23.8 Å².